The molecule has 5 heteroatoms. The molecule has 1 atom stereocenters. The van der Waals surface area contributed by atoms with Crippen molar-refractivity contribution in [1.29, 1.82) is 0 Å². The van der Waals surface area contributed by atoms with Gasteiger partial charge in [-0.2, -0.15) is 0 Å². The zero-order chi connectivity index (χ0) is 13.5. The minimum atomic E-state index is -1.06. The van der Waals surface area contributed by atoms with Crippen molar-refractivity contribution in [3.63, 3.8) is 0 Å². The van der Waals surface area contributed by atoms with Gasteiger partial charge in [-0.15, -0.1) is 0 Å². The number of nitrogens with one attached hydrogen (secondary N) is 1. The third kappa shape index (κ3) is 4.18. The van der Waals surface area contributed by atoms with Gasteiger partial charge in [-0.05, 0) is 18.1 Å². The fourth-order valence-corrected chi connectivity index (χ4v) is 1.64. The standard InChI is InChI=1S/C13H17NO4/c1-9(8-18-2)7-12(15)14-11-6-4-3-5-10(11)13(16)17/h3-6,9H,7-8H2,1-2H3,(H,14,15)(H,16,17). The molecular weight excluding hydrogens is 234 g/mol. The van der Waals surface area contributed by atoms with Crippen LogP contribution in [0.4, 0.5) is 5.69 Å². The van der Waals surface area contributed by atoms with E-state index < -0.39 is 5.97 Å². The Kier molecular flexibility index (Phi) is 5.32. The summed E-state index contributed by atoms with van der Waals surface area (Å²) in [7, 11) is 1.58. The second kappa shape index (κ2) is 6.76. The van der Waals surface area contributed by atoms with Crippen LogP contribution in [0.5, 0.6) is 0 Å². The highest BCUT2D eigenvalue weighted by Crippen LogP contribution is 2.16. The van der Waals surface area contributed by atoms with Crippen LogP contribution in [0.1, 0.15) is 23.7 Å². The van der Waals surface area contributed by atoms with E-state index in [4.69, 9.17) is 9.84 Å². The lowest BCUT2D eigenvalue weighted by molar-refractivity contribution is -0.117. The van der Waals surface area contributed by atoms with Crippen molar-refractivity contribution in [3.8, 4) is 0 Å². The molecule has 5 nitrogen and oxygen atoms in total. The summed E-state index contributed by atoms with van der Waals surface area (Å²) < 4.78 is 4.94. The van der Waals surface area contributed by atoms with Crippen LogP contribution in [0.15, 0.2) is 24.3 Å². The first-order valence-corrected chi connectivity index (χ1v) is 5.65. The Labute approximate surface area is 106 Å². The number of hydrogen-bond donors (Lipinski definition) is 2. The van der Waals surface area contributed by atoms with E-state index in [2.05, 4.69) is 5.32 Å². The lowest BCUT2D eigenvalue weighted by atomic mass is 10.1. The summed E-state index contributed by atoms with van der Waals surface area (Å²) in [6, 6.07) is 6.33. The van der Waals surface area contributed by atoms with Gasteiger partial charge in [0.15, 0.2) is 0 Å². The molecule has 1 aromatic carbocycles. The van der Waals surface area contributed by atoms with Crippen molar-refractivity contribution in [2.45, 2.75) is 13.3 Å². The van der Waals surface area contributed by atoms with E-state index in [1.165, 1.54) is 6.07 Å². The number of carbonyl (C=O) groups excluding carboxylic acids is 1. The minimum absolute atomic E-state index is 0.0882. The van der Waals surface area contributed by atoms with Gasteiger partial charge in [-0.25, -0.2) is 4.79 Å². The monoisotopic (exact) mass is 251 g/mol. The first kappa shape index (κ1) is 14.2. The van der Waals surface area contributed by atoms with Crippen LogP contribution in [0.3, 0.4) is 0 Å². The Morgan fingerprint density at radius 2 is 2.06 bits per heavy atom. The fourth-order valence-electron chi connectivity index (χ4n) is 1.64. The van der Waals surface area contributed by atoms with Gasteiger partial charge in [-0.1, -0.05) is 19.1 Å². The van der Waals surface area contributed by atoms with Crippen LogP contribution in [-0.2, 0) is 9.53 Å². The lowest BCUT2D eigenvalue weighted by Gasteiger charge is -2.11. The van der Waals surface area contributed by atoms with Crippen molar-refractivity contribution < 1.29 is 19.4 Å². The maximum Gasteiger partial charge on any atom is 0.337 e. The molecule has 0 fully saturated rings. The predicted molar refractivity (Wildman–Crippen MR) is 67.7 cm³/mol. The zero-order valence-electron chi connectivity index (χ0n) is 10.5. The predicted octanol–water partition coefficient (Wildman–Crippen LogP) is 2.00. The van der Waals surface area contributed by atoms with Gasteiger partial charge >= 0.3 is 5.97 Å². The average Bonchev–Trinajstić information content (AvgIpc) is 2.29. The normalized spacial score (nSPS) is 11.9. The summed E-state index contributed by atoms with van der Waals surface area (Å²) in [6.45, 7) is 2.39. The molecule has 1 unspecified atom stereocenters. The number of carbonyl (C=O) groups is 2. The summed E-state index contributed by atoms with van der Waals surface area (Å²) in [5, 5.41) is 11.6. The van der Waals surface area contributed by atoms with Gasteiger partial charge in [0.1, 0.15) is 0 Å². The van der Waals surface area contributed by atoms with Gasteiger partial charge in [0.05, 0.1) is 11.3 Å². The van der Waals surface area contributed by atoms with E-state index in [0.717, 1.165) is 0 Å². The molecule has 1 rings (SSSR count). The Hall–Kier alpha value is -1.88. The van der Waals surface area contributed by atoms with Crippen molar-refractivity contribution in [2.24, 2.45) is 5.92 Å². The number of benzene rings is 1. The molecule has 0 saturated heterocycles. The highest BCUT2D eigenvalue weighted by atomic mass is 16.5. The van der Waals surface area contributed by atoms with Crippen LogP contribution in [-0.4, -0.2) is 30.7 Å². The molecule has 1 amide bonds. The van der Waals surface area contributed by atoms with E-state index >= 15 is 0 Å². The molecule has 18 heavy (non-hydrogen) atoms. The SMILES string of the molecule is COCC(C)CC(=O)Nc1ccccc1C(=O)O. The Bertz CT molecular complexity index is 431. The van der Waals surface area contributed by atoms with Crippen LogP contribution in [0.25, 0.3) is 0 Å². The van der Waals surface area contributed by atoms with Gasteiger partial charge < -0.3 is 15.2 Å². The van der Waals surface area contributed by atoms with Crippen molar-refractivity contribution in [1.82, 2.24) is 0 Å². The number of methoxy groups -OCH3 is 1. The second-order valence-corrected chi connectivity index (χ2v) is 4.16. The van der Waals surface area contributed by atoms with Crippen LogP contribution < -0.4 is 5.32 Å². The molecule has 0 heterocycles. The maximum atomic E-state index is 11.7. The van der Waals surface area contributed by atoms with E-state index in [0.29, 0.717) is 18.7 Å². The number of anilines is 1. The first-order valence-electron chi connectivity index (χ1n) is 5.65. The summed E-state index contributed by atoms with van der Waals surface area (Å²) in [4.78, 5) is 22.7. The quantitative estimate of drug-likeness (QED) is 0.810. The zero-order valence-corrected chi connectivity index (χ0v) is 10.5. The van der Waals surface area contributed by atoms with Gasteiger partial charge in [-0.3, -0.25) is 4.79 Å². The molecular formula is C13H17NO4. The van der Waals surface area contributed by atoms with Crippen molar-refractivity contribution in [2.75, 3.05) is 19.0 Å². The highest BCUT2D eigenvalue weighted by molar-refractivity contribution is 6.00. The Balaban J connectivity index is 2.67. The number of amides is 1. The molecule has 1 aromatic rings. The molecule has 0 spiro atoms. The Morgan fingerprint density at radius 3 is 2.67 bits per heavy atom. The molecule has 0 bridgehead atoms. The average molecular weight is 251 g/mol. The number of para-hydroxylation sites is 1. The molecule has 0 aliphatic carbocycles. The number of aromatic carboxylic acids is 1. The third-order valence-corrected chi connectivity index (χ3v) is 2.42. The molecule has 0 aromatic heterocycles. The molecule has 0 aliphatic rings. The minimum Gasteiger partial charge on any atom is -0.478 e. The smallest absolute Gasteiger partial charge is 0.337 e. The van der Waals surface area contributed by atoms with Gasteiger partial charge in [0.25, 0.3) is 0 Å². The maximum absolute atomic E-state index is 11.7. The largest absolute Gasteiger partial charge is 0.478 e. The number of ether oxygens (including phenoxy) is 1. The van der Waals surface area contributed by atoms with Crippen molar-refractivity contribution in [3.05, 3.63) is 29.8 Å². The molecule has 0 saturated carbocycles. The first-order chi connectivity index (χ1) is 8.54. The summed E-state index contributed by atoms with van der Waals surface area (Å²) in [6.07, 6.45) is 0.293. The summed E-state index contributed by atoms with van der Waals surface area (Å²) in [5.41, 5.74) is 0.407. The van der Waals surface area contributed by atoms with Crippen LogP contribution in [0, 0.1) is 5.92 Å². The van der Waals surface area contributed by atoms with Crippen molar-refractivity contribution >= 4 is 17.6 Å². The summed E-state index contributed by atoms with van der Waals surface area (Å²) in [5.74, 6) is -1.18. The lowest BCUT2D eigenvalue weighted by Crippen LogP contribution is -2.19. The molecule has 2 N–H and O–H groups in total. The molecule has 0 radical (unpaired) electrons. The number of rotatable bonds is 6. The van der Waals surface area contributed by atoms with Crippen LogP contribution >= 0.6 is 0 Å². The van der Waals surface area contributed by atoms with E-state index in [-0.39, 0.29) is 17.4 Å². The number of carboxylic acids is 1. The third-order valence-electron chi connectivity index (χ3n) is 2.42. The van der Waals surface area contributed by atoms with E-state index in [1.54, 1.807) is 25.3 Å². The van der Waals surface area contributed by atoms with E-state index in [1.807, 2.05) is 6.92 Å². The molecule has 98 valence electrons. The number of carboxylic acid groups (broad SMARTS) is 1. The topological polar surface area (TPSA) is 75.6 Å². The summed E-state index contributed by atoms with van der Waals surface area (Å²) >= 11 is 0. The Morgan fingerprint density at radius 1 is 1.39 bits per heavy atom. The van der Waals surface area contributed by atoms with E-state index in [9.17, 15) is 9.59 Å². The molecule has 0 aliphatic heterocycles. The van der Waals surface area contributed by atoms with Crippen LogP contribution in [0.2, 0.25) is 0 Å². The fraction of sp³-hybridized carbons (Fsp3) is 0.385. The highest BCUT2D eigenvalue weighted by Gasteiger charge is 2.13. The van der Waals surface area contributed by atoms with Gasteiger partial charge in [0, 0.05) is 20.1 Å². The van der Waals surface area contributed by atoms with Gasteiger partial charge in [0.2, 0.25) is 5.91 Å². The number of hydrogen-bond acceptors (Lipinski definition) is 3. The second-order valence-electron chi connectivity index (χ2n) is 4.16.